The summed E-state index contributed by atoms with van der Waals surface area (Å²) >= 11 is 0. The molecule has 190 valence electrons. The number of ether oxygens (including phenoxy) is 1. The minimum absolute atomic E-state index is 0.194. The molecule has 3 saturated heterocycles. The van der Waals surface area contributed by atoms with Gasteiger partial charge in [-0.25, -0.2) is 0 Å². The maximum absolute atomic E-state index is 12.3. The lowest BCUT2D eigenvalue weighted by Crippen LogP contribution is -2.55. The highest BCUT2D eigenvalue weighted by molar-refractivity contribution is 5.75. The normalized spacial score (nSPS) is 26.4. The molecule has 1 amide bonds. The quantitative estimate of drug-likeness (QED) is 0.459. The molecule has 0 unspecified atom stereocenters. The van der Waals surface area contributed by atoms with Gasteiger partial charge in [-0.05, 0) is 69.0 Å². The molecule has 6 heteroatoms. The molecule has 3 aliphatic rings. The number of hydrogen-bond donors (Lipinski definition) is 2. The first kappa shape index (κ1) is 25.6. The molecule has 1 aromatic rings. The van der Waals surface area contributed by atoms with Crippen molar-refractivity contribution in [2.45, 2.75) is 70.6 Å². The standard InChI is InChI=1S/C28H46N4O2/c1-2-31-15-12-26(13-16-31)34-17-7-14-29-28(33)11-6-10-27-25-18-24(19-30-27)21-32(22-25)20-23-8-4-3-5-9-23/h3-5,8-9,24-27,30H,2,6-7,10-22H2,1H3,(H,29,33)/t24-,25-,27+/m0/s1. The van der Waals surface area contributed by atoms with E-state index in [-0.39, 0.29) is 5.91 Å². The van der Waals surface area contributed by atoms with E-state index < -0.39 is 0 Å². The van der Waals surface area contributed by atoms with Crippen LogP contribution in [0.4, 0.5) is 0 Å². The van der Waals surface area contributed by atoms with E-state index in [1.54, 1.807) is 0 Å². The Labute approximate surface area is 206 Å². The van der Waals surface area contributed by atoms with Crippen molar-refractivity contribution in [2.75, 3.05) is 52.4 Å². The summed E-state index contributed by atoms with van der Waals surface area (Å²) in [4.78, 5) is 17.4. The van der Waals surface area contributed by atoms with Gasteiger partial charge in [-0.2, -0.15) is 0 Å². The van der Waals surface area contributed by atoms with Crippen molar-refractivity contribution in [2.24, 2.45) is 11.8 Å². The fourth-order valence-corrected chi connectivity index (χ4v) is 6.09. The van der Waals surface area contributed by atoms with Gasteiger partial charge >= 0.3 is 0 Å². The number of piperidine rings is 3. The van der Waals surface area contributed by atoms with Crippen LogP contribution in [0, 0.1) is 11.8 Å². The molecular weight excluding hydrogens is 424 g/mol. The third-order valence-electron chi connectivity index (χ3n) is 8.03. The van der Waals surface area contributed by atoms with Crippen LogP contribution >= 0.6 is 0 Å². The molecule has 3 fully saturated rings. The van der Waals surface area contributed by atoms with E-state index in [1.165, 1.54) is 25.1 Å². The van der Waals surface area contributed by atoms with Crippen molar-refractivity contribution >= 4 is 5.91 Å². The number of rotatable bonds is 12. The van der Waals surface area contributed by atoms with Crippen LogP contribution in [0.3, 0.4) is 0 Å². The molecule has 0 aliphatic carbocycles. The Morgan fingerprint density at radius 2 is 1.94 bits per heavy atom. The fraction of sp³-hybridized carbons (Fsp3) is 0.750. The Kier molecular flexibility index (Phi) is 10.2. The summed E-state index contributed by atoms with van der Waals surface area (Å²) in [7, 11) is 0. The van der Waals surface area contributed by atoms with Crippen molar-refractivity contribution in [3.8, 4) is 0 Å². The molecule has 34 heavy (non-hydrogen) atoms. The average Bonchev–Trinajstić information content (AvgIpc) is 2.86. The Morgan fingerprint density at radius 3 is 2.74 bits per heavy atom. The number of fused-ring (bicyclic) bond motifs is 2. The minimum Gasteiger partial charge on any atom is -0.378 e. The third-order valence-corrected chi connectivity index (χ3v) is 8.03. The van der Waals surface area contributed by atoms with Crippen molar-refractivity contribution in [3.63, 3.8) is 0 Å². The highest BCUT2D eigenvalue weighted by atomic mass is 16.5. The number of amides is 1. The first-order valence-electron chi connectivity index (χ1n) is 13.8. The smallest absolute Gasteiger partial charge is 0.219 e. The topological polar surface area (TPSA) is 56.8 Å². The average molecular weight is 471 g/mol. The predicted octanol–water partition coefficient (Wildman–Crippen LogP) is 3.27. The predicted molar refractivity (Wildman–Crippen MR) is 138 cm³/mol. The largest absolute Gasteiger partial charge is 0.378 e. The Bertz CT molecular complexity index is 722. The molecule has 4 rings (SSSR count). The van der Waals surface area contributed by atoms with Gasteiger partial charge in [0.2, 0.25) is 5.91 Å². The number of benzene rings is 1. The minimum atomic E-state index is 0.194. The second-order valence-electron chi connectivity index (χ2n) is 10.7. The lowest BCUT2D eigenvalue weighted by molar-refractivity contribution is -0.121. The van der Waals surface area contributed by atoms with Crippen molar-refractivity contribution < 1.29 is 9.53 Å². The number of carbonyl (C=O) groups is 1. The van der Waals surface area contributed by atoms with Crippen LogP contribution in [0.25, 0.3) is 0 Å². The van der Waals surface area contributed by atoms with E-state index in [0.29, 0.717) is 24.5 Å². The van der Waals surface area contributed by atoms with Gasteiger partial charge in [-0.1, -0.05) is 37.3 Å². The van der Waals surface area contributed by atoms with Crippen LogP contribution in [0.5, 0.6) is 0 Å². The summed E-state index contributed by atoms with van der Waals surface area (Å²) in [5, 5.41) is 6.90. The number of likely N-dealkylation sites (tertiary alicyclic amines) is 2. The van der Waals surface area contributed by atoms with Crippen LogP contribution in [-0.4, -0.2) is 80.3 Å². The molecule has 3 atom stereocenters. The summed E-state index contributed by atoms with van der Waals surface area (Å²) in [6, 6.07) is 11.4. The zero-order chi connectivity index (χ0) is 23.6. The van der Waals surface area contributed by atoms with E-state index in [9.17, 15) is 4.79 Å². The molecule has 0 spiro atoms. The Balaban J connectivity index is 1.06. The summed E-state index contributed by atoms with van der Waals surface area (Å²) in [5.74, 6) is 1.67. The SMILES string of the molecule is CCN1CCC(OCCCNC(=O)CCC[C@H]2NC[C@@H]3C[C@H]2CN(Cc2ccccc2)C3)CC1. The zero-order valence-corrected chi connectivity index (χ0v) is 21.2. The highest BCUT2D eigenvalue weighted by Gasteiger charge is 2.36. The first-order chi connectivity index (χ1) is 16.7. The first-order valence-corrected chi connectivity index (χ1v) is 13.8. The van der Waals surface area contributed by atoms with Gasteiger partial charge in [0, 0.05) is 58.3 Å². The van der Waals surface area contributed by atoms with Crippen LogP contribution in [0.15, 0.2) is 30.3 Å². The molecule has 3 heterocycles. The maximum atomic E-state index is 12.3. The Morgan fingerprint density at radius 1 is 1.12 bits per heavy atom. The molecule has 2 bridgehead atoms. The molecule has 1 aromatic carbocycles. The van der Waals surface area contributed by atoms with Crippen molar-refractivity contribution in [1.29, 1.82) is 0 Å². The Hall–Kier alpha value is -1.47. The zero-order valence-electron chi connectivity index (χ0n) is 21.2. The molecule has 0 saturated carbocycles. The van der Waals surface area contributed by atoms with Gasteiger partial charge in [0.05, 0.1) is 6.10 Å². The molecule has 3 aliphatic heterocycles. The van der Waals surface area contributed by atoms with E-state index in [0.717, 1.165) is 83.9 Å². The van der Waals surface area contributed by atoms with Crippen LogP contribution < -0.4 is 10.6 Å². The van der Waals surface area contributed by atoms with Gasteiger partial charge in [-0.3, -0.25) is 9.69 Å². The molecular formula is C28H46N4O2. The van der Waals surface area contributed by atoms with Crippen LogP contribution in [-0.2, 0) is 16.1 Å². The van der Waals surface area contributed by atoms with Gasteiger partial charge in [-0.15, -0.1) is 0 Å². The highest BCUT2D eigenvalue weighted by Crippen LogP contribution is 2.31. The number of hydrogen-bond acceptors (Lipinski definition) is 5. The molecule has 0 aromatic heterocycles. The maximum Gasteiger partial charge on any atom is 0.219 e. The number of nitrogens with zero attached hydrogens (tertiary/aromatic N) is 2. The summed E-state index contributed by atoms with van der Waals surface area (Å²) in [6.45, 7) is 11.7. The molecule has 2 N–H and O–H groups in total. The summed E-state index contributed by atoms with van der Waals surface area (Å²) in [5.41, 5.74) is 1.41. The van der Waals surface area contributed by atoms with E-state index in [1.807, 2.05) is 0 Å². The second kappa shape index (κ2) is 13.6. The second-order valence-corrected chi connectivity index (χ2v) is 10.7. The molecule has 6 nitrogen and oxygen atoms in total. The third kappa shape index (κ3) is 8.04. The van der Waals surface area contributed by atoms with Crippen molar-refractivity contribution in [1.82, 2.24) is 20.4 Å². The monoisotopic (exact) mass is 470 g/mol. The van der Waals surface area contributed by atoms with Crippen LogP contribution in [0.1, 0.15) is 57.4 Å². The summed E-state index contributed by atoms with van der Waals surface area (Å²) in [6.07, 6.45) is 7.64. The number of carbonyl (C=O) groups excluding carboxylic acids is 1. The fourth-order valence-electron chi connectivity index (χ4n) is 6.09. The van der Waals surface area contributed by atoms with Gasteiger partial charge < -0.3 is 20.3 Å². The van der Waals surface area contributed by atoms with E-state index >= 15 is 0 Å². The van der Waals surface area contributed by atoms with E-state index in [2.05, 4.69) is 57.7 Å². The summed E-state index contributed by atoms with van der Waals surface area (Å²) < 4.78 is 6.01. The van der Waals surface area contributed by atoms with Crippen molar-refractivity contribution in [3.05, 3.63) is 35.9 Å². The lowest BCUT2D eigenvalue weighted by atomic mass is 9.79. The van der Waals surface area contributed by atoms with Crippen LogP contribution in [0.2, 0.25) is 0 Å². The lowest BCUT2D eigenvalue weighted by Gasteiger charge is -2.46. The van der Waals surface area contributed by atoms with E-state index in [4.69, 9.17) is 4.74 Å². The molecule has 0 radical (unpaired) electrons. The number of nitrogens with one attached hydrogen (secondary N) is 2. The van der Waals surface area contributed by atoms with Gasteiger partial charge in [0.25, 0.3) is 0 Å². The van der Waals surface area contributed by atoms with Gasteiger partial charge in [0.1, 0.15) is 0 Å². The van der Waals surface area contributed by atoms with Gasteiger partial charge in [0.15, 0.2) is 0 Å².